The SMILES string of the molecule is C=CC.C=CC.CCC(=O)OCCO.CCSC(=O)N(CC(C)C)CC(C)C. The van der Waals surface area contributed by atoms with Crippen molar-refractivity contribution in [3.05, 3.63) is 25.3 Å². The lowest BCUT2D eigenvalue weighted by Crippen LogP contribution is -2.34. The van der Waals surface area contributed by atoms with E-state index in [-0.39, 0.29) is 24.4 Å². The molecule has 0 heterocycles. The van der Waals surface area contributed by atoms with Gasteiger partial charge in [-0.1, -0.05) is 65.5 Å². The Morgan fingerprint density at radius 3 is 1.68 bits per heavy atom. The van der Waals surface area contributed by atoms with E-state index in [1.54, 1.807) is 19.1 Å². The van der Waals surface area contributed by atoms with Crippen molar-refractivity contribution in [2.45, 2.75) is 61.8 Å². The molecule has 1 N–H and O–H groups in total. The largest absolute Gasteiger partial charge is 0.463 e. The maximum absolute atomic E-state index is 11.7. The van der Waals surface area contributed by atoms with Gasteiger partial charge in [-0.2, -0.15) is 0 Å². The number of carbonyl (C=O) groups is 2. The highest BCUT2D eigenvalue weighted by molar-refractivity contribution is 8.13. The fourth-order valence-corrected chi connectivity index (χ4v) is 2.16. The molecule has 0 saturated heterocycles. The van der Waals surface area contributed by atoms with Gasteiger partial charge in [0.1, 0.15) is 6.61 Å². The normalized spacial score (nSPS) is 8.96. The smallest absolute Gasteiger partial charge is 0.305 e. The molecule has 0 aromatic carbocycles. The zero-order chi connectivity index (χ0) is 23.0. The Kier molecular flexibility index (Phi) is 34.2. The van der Waals surface area contributed by atoms with E-state index in [9.17, 15) is 9.59 Å². The van der Waals surface area contributed by atoms with Crippen LogP contribution in [0.1, 0.15) is 61.8 Å². The first-order valence-corrected chi connectivity index (χ1v) is 10.9. The molecule has 0 fully saturated rings. The van der Waals surface area contributed by atoms with Crippen LogP contribution < -0.4 is 0 Å². The number of ether oxygens (including phenoxy) is 1. The van der Waals surface area contributed by atoms with Gasteiger partial charge in [0, 0.05) is 19.5 Å². The zero-order valence-electron chi connectivity index (χ0n) is 19.5. The number of nitrogens with zero attached hydrogens (tertiary/aromatic N) is 1. The zero-order valence-corrected chi connectivity index (χ0v) is 20.3. The number of aliphatic hydroxyl groups excluding tert-OH is 1. The summed E-state index contributed by atoms with van der Waals surface area (Å²) in [5, 5.41) is 8.36. The van der Waals surface area contributed by atoms with E-state index in [1.165, 1.54) is 11.8 Å². The lowest BCUT2D eigenvalue weighted by molar-refractivity contribution is -0.144. The third-order valence-electron chi connectivity index (χ3n) is 2.34. The molecule has 0 aliphatic carbocycles. The first-order chi connectivity index (χ1) is 13.1. The number of allylic oxidation sites excluding steroid dienone is 2. The fourth-order valence-electron chi connectivity index (χ4n) is 1.58. The summed E-state index contributed by atoms with van der Waals surface area (Å²) in [6.45, 7) is 24.6. The molecule has 0 aromatic heterocycles. The monoisotopic (exact) mass is 419 g/mol. The van der Waals surface area contributed by atoms with Crippen LogP contribution in [0.2, 0.25) is 0 Å². The second-order valence-electron chi connectivity index (χ2n) is 6.51. The van der Waals surface area contributed by atoms with Gasteiger partial charge in [0.05, 0.1) is 6.61 Å². The number of aliphatic hydroxyl groups is 1. The van der Waals surface area contributed by atoms with Crippen LogP contribution >= 0.6 is 11.8 Å². The molecular weight excluding hydrogens is 374 g/mol. The summed E-state index contributed by atoms with van der Waals surface area (Å²) >= 11 is 1.41. The number of carbonyl (C=O) groups excluding carboxylic acids is 2. The molecule has 28 heavy (non-hydrogen) atoms. The molecule has 1 amide bonds. The van der Waals surface area contributed by atoms with E-state index in [1.807, 2.05) is 25.7 Å². The number of thioether (sulfide) groups is 1. The molecule has 0 spiro atoms. The summed E-state index contributed by atoms with van der Waals surface area (Å²) in [6, 6.07) is 0. The molecule has 0 rings (SSSR count). The first kappa shape index (κ1) is 34.3. The number of esters is 1. The van der Waals surface area contributed by atoms with E-state index < -0.39 is 0 Å². The third-order valence-corrected chi connectivity index (χ3v) is 3.13. The second kappa shape index (κ2) is 27.9. The molecule has 0 atom stereocenters. The van der Waals surface area contributed by atoms with Gasteiger partial charge in [0.15, 0.2) is 0 Å². The molecule has 6 heteroatoms. The van der Waals surface area contributed by atoms with E-state index in [0.29, 0.717) is 18.3 Å². The number of hydrogen-bond donors (Lipinski definition) is 1. The van der Waals surface area contributed by atoms with Crippen LogP contribution in [-0.4, -0.2) is 53.3 Å². The third kappa shape index (κ3) is 35.8. The van der Waals surface area contributed by atoms with Crippen LogP contribution in [0.5, 0.6) is 0 Å². The summed E-state index contributed by atoms with van der Waals surface area (Å²) in [6.07, 6.45) is 3.88. The summed E-state index contributed by atoms with van der Waals surface area (Å²) in [7, 11) is 0. The Labute approximate surface area is 178 Å². The minimum atomic E-state index is -0.265. The highest BCUT2D eigenvalue weighted by Gasteiger charge is 2.15. The first-order valence-electron chi connectivity index (χ1n) is 9.93. The van der Waals surface area contributed by atoms with Crippen molar-refractivity contribution in [3.63, 3.8) is 0 Å². The van der Waals surface area contributed by atoms with Gasteiger partial charge in [0.25, 0.3) is 5.24 Å². The van der Waals surface area contributed by atoms with Crippen molar-refractivity contribution in [1.82, 2.24) is 4.90 Å². The van der Waals surface area contributed by atoms with Crippen LogP contribution in [0, 0.1) is 11.8 Å². The van der Waals surface area contributed by atoms with Crippen LogP contribution in [0.4, 0.5) is 4.79 Å². The molecule has 0 radical (unpaired) electrons. The van der Waals surface area contributed by atoms with Gasteiger partial charge in [-0.15, -0.1) is 13.2 Å². The van der Waals surface area contributed by atoms with Gasteiger partial charge in [-0.25, -0.2) is 0 Å². The minimum Gasteiger partial charge on any atom is -0.463 e. The predicted octanol–water partition coefficient (Wildman–Crippen LogP) is 5.79. The van der Waals surface area contributed by atoms with E-state index in [4.69, 9.17) is 5.11 Å². The summed E-state index contributed by atoms with van der Waals surface area (Å²) < 4.78 is 4.45. The van der Waals surface area contributed by atoms with Crippen LogP contribution in [0.3, 0.4) is 0 Å². The standard InChI is InChI=1S/C11H23NOS.C5H10O3.2C3H6/c1-6-14-11(13)12(7-9(2)3)8-10(4)5;1-2-5(7)8-4-3-6;2*1-3-2/h9-10H,6-8H2,1-5H3;6H,2-4H2,1H3;2*3H,1H2,2H3. The maximum Gasteiger partial charge on any atom is 0.305 e. The van der Waals surface area contributed by atoms with Crippen LogP contribution in [-0.2, 0) is 9.53 Å². The van der Waals surface area contributed by atoms with E-state index in [2.05, 4.69) is 45.6 Å². The Hall–Kier alpha value is -1.27. The summed E-state index contributed by atoms with van der Waals surface area (Å²) in [5.41, 5.74) is 0. The van der Waals surface area contributed by atoms with Crippen molar-refractivity contribution in [3.8, 4) is 0 Å². The van der Waals surface area contributed by atoms with Crippen molar-refractivity contribution < 1.29 is 19.4 Å². The predicted molar refractivity (Wildman–Crippen MR) is 125 cm³/mol. The molecule has 0 aromatic rings. The lowest BCUT2D eigenvalue weighted by atomic mass is 10.1. The van der Waals surface area contributed by atoms with Crippen molar-refractivity contribution in [2.24, 2.45) is 11.8 Å². The highest BCUT2D eigenvalue weighted by atomic mass is 32.2. The number of amides is 1. The topological polar surface area (TPSA) is 66.8 Å². The van der Waals surface area contributed by atoms with Gasteiger partial charge in [-0.05, 0) is 31.4 Å². The van der Waals surface area contributed by atoms with Gasteiger partial charge in [0.2, 0.25) is 0 Å². The van der Waals surface area contributed by atoms with E-state index in [0.717, 1.165) is 18.8 Å². The Morgan fingerprint density at radius 1 is 1.04 bits per heavy atom. The lowest BCUT2D eigenvalue weighted by Gasteiger charge is -2.25. The maximum atomic E-state index is 11.7. The van der Waals surface area contributed by atoms with Crippen molar-refractivity contribution >= 4 is 23.0 Å². The fraction of sp³-hybridized carbons (Fsp3) is 0.727. The Bertz CT molecular complexity index is 356. The van der Waals surface area contributed by atoms with E-state index >= 15 is 0 Å². The Morgan fingerprint density at radius 2 is 1.43 bits per heavy atom. The summed E-state index contributed by atoms with van der Waals surface area (Å²) in [5.74, 6) is 1.70. The van der Waals surface area contributed by atoms with Crippen molar-refractivity contribution in [2.75, 3.05) is 32.1 Å². The average Bonchev–Trinajstić information content (AvgIpc) is 2.60. The van der Waals surface area contributed by atoms with Crippen LogP contribution in [0.15, 0.2) is 25.3 Å². The molecule has 0 aliphatic rings. The molecule has 168 valence electrons. The van der Waals surface area contributed by atoms with Gasteiger partial charge in [-0.3, -0.25) is 9.59 Å². The Balaban J connectivity index is -0.000000173. The summed E-state index contributed by atoms with van der Waals surface area (Å²) in [4.78, 5) is 23.9. The quantitative estimate of drug-likeness (QED) is 0.398. The van der Waals surface area contributed by atoms with Gasteiger partial charge < -0.3 is 14.7 Å². The number of hydrogen-bond acceptors (Lipinski definition) is 5. The average molecular weight is 420 g/mol. The second-order valence-corrected chi connectivity index (χ2v) is 7.72. The molecule has 5 nitrogen and oxygen atoms in total. The molecule has 0 unspecified atom stereocenters. The highest BCUT2D eigenvalue weighted by Crippen LogP contribution is 2.12. The van der Waals surface area contributed by atoms with Crippen LogP contribution in [0.25, 0.3) is 0 Å². The molecule has 0 saturated carbocycles. The molecule has 0 bridgehead atoms. The van der Waals surface area contributed by atoms with Crippen molar-refractivity contribution in [1.29, 1.82) is 0 Å². The molecule has 0 aliphatic heterocycles. The van der Waals surface area contributed by atoms with Gasteiger partial charge >= 0.3 is 5.97 Å². The number of rotatable bonds is 8. The molecular formula is C22H45NO4S. The minimum absolute atomic E-state index is 0.0915.